The minimum Gasteiger partial charge on any atom is -0.321 e. The van der Waals surface area contributed by atoms with Crippen LogP contribution in [0.5, 0.6) is 0 Å². The molecule has 0 saturated heterocycles. The fourth-order valence-corrected chi connectivity index (χ4v) is 2.71. The molecule has 0 aliphatic rings. The van der Waals surface area contributed by atoms with Crippen molar-refractivity contribution >= 4 is 33.0 Å². The fourth-order valence-electron chi connectivity index (χ4n) is 1.75. The lowest BCUT2D eigenvalue weighted by Gasteiger charge is -2.01. The number of anilines is 1. The van der Waals surface area contributed by atoms with Crippen molar-refractivity contribution in [1.82, 2.24) is 0 Å². The smallest absolute Gasteiger partial charge is 0.265 e. The highest BCUT2D eigenvalue weighted by atomic mass is 32.1. The minimum atomic E-state index is -0.0846. The van der Waals surface area contributed by atoms with Crippen LogP contribution in [0.3, 0.4) is 0 Å². The quantitative estimate of drug-likeness (QED) is 0.735. The molecule has 1 aromatic heterocycles. The van der Waals surface area contributed by atoms with Crippen molar-refractivity contribution in [3.05, 3.63) is 65.5 Å². The van der Waals surface area contributed by atoms with Crippen molar-refractivity contribution in [1.29, 1.82) is 0 Å². The van der Waals surface area contributed by atoms with Crippen molar-refractivity contribution in [2.45, 2.75) is 0 Å². The highest BCUT2D eigenvalue weighted by Gasteiger charge is 2.09. The Bertz CT molecular complexity index is 655. The van der Waals surface area contributed by atoms with Crippen LogP contribution in [0.25, 0.3) is 10.1 Å². The molecule has 2 nitrogen and oxygen atoms in total. The van der Waals surface area contributed by atoms with E-state index in [1.165, 1.54) is 11.3 Å². The van der Waals surface area contributed by atoms with E-state index in [1.54, 1.807) is 6.07 Å². The summed E-state index contributed by atoms with van der Waals surface area (Å²) in [6, 6.07) is 20.2. The van der Waals surface area contributed by atoms with Crippen molar-refractivity contribution in [3.8, 4) is 0 Å². The number of fused-ring (bicyclic) bond motifs is 1. The Morgan fingerprint density at radius 1 is 1.11 bits per heavy atom. The van der Waals surface area contributed by atoms with Gasteiger partial charge in [-0.1, -0.05) is 36.4 Å². The van der Waals surface area contributed by atoms with Gasteiger partial charge in [-0.05, 0) is 23.6 Å². The van der Waals surface area contributed by atoms with Crippen LogP contribution in [-0.4, -0.2) is 5.91 Å². The lowest BCUT2D eigenvalue weighted by atomic mass is 10.2. The van der Waals surface area contributed by atoms with Gasteiger partial charge in [-0.15, -0.1) is 11.3 Å². The number of benzene rings is 2. The number of amides is 1. The van der Waals surface area contributed by atoms with Gasteiger partial charge in [0.1, 0.15) is 0 Å². The number of hydrogen-bond acceptors (Lipinski definition) is 2. The normalized spacial score (nSPS) is 10.4. The summed E-state index contributed by atoms with van der Waals surface area (Å²) in [5, 5.41) is 3.94. The zero-order chi connectivity index (χ0) is 12.4. The first-order valence-electron chi connectivity index (χ1n) is 5.59. The van der Waals surface area contributed by atoms with E-state index in [2.05, 4.69) is 11.4 Å². The third kappa shape index (κ3) is 2.13. The molecule has 3 rings (SSSR count). The van der Waals surface area contributed by atoms with E-state index in [4.69, 9.17) is 0 Å². The monoisotopic (exact) mass is 252 g/mol. The average molecular weight is 252 g/mol. The molecule has 0 saturated carbocycles. The first-order valence-corrected chi connectivity index (χ1v) is 6.41. The van der Waals surface area contributed by atoms with Gasteiger partial charge in [-0.2, -0.15) is 0 Å². The zero-order valence-electron chi connectivity index (χ0n) is 9.51. The molecule has 0 bridgehead atoms. The lowest BCUT2D eigenvalue weighted by molar-refractivity contribution is 0.103. The maximum atomic E-state index is 12.1. The standard InChI is InChI=1S/C15H10NOS/c17-15(16-12-7-2-1-3-8-12)14-10-11-6-4-5-9-13(11)18-14/h1-7,9-10H,(H,16,17). The maximum absolute atomic E-state index is 12.1. The Labute approximate surface area is 109 Å². The van der Waals surface area contributed by atoms with Gasteiger partial charge in [0.05, 0.1) is 4.88 Å². The van der Waals surface area contributed by atoms with Crippen molar-refractivity contribution in [3.63, 3.8) is 0 Å². The van der Waals surface area contributed by atoms with E-state index in [0.717, 1.165) is 10.1 Å². The summed E-state index contributed by atoms with van der Waals surface area (Å²) in [6.45, 7) is 0. The zero-order valence-corrected chi connectivity index (χ0v) is 10.3. The summed E-state index contributed by atoms with van der Waals surface area (Å²) in [5.41, 5.74) is 0.694. The Balaban J connectivity index is 1.88. The molecule has 1 N–H and O–H groups in total. The Kier molecular flexibility index (Phi) is 2.82. The van der Waals surface area contributed by atoms with Crippen LogP contribution >= 0.6 is 11.3 Å². The van der Waals surface area contributed by atoms with Gasteiger partial charge in [0.2, 0.25) is 0 Å². The fraction of sp³-hybridized carbons (Fsp3) is 0. The summed E-state index contributed by atoms with van der Waals surface area (Å²) in [4.78, 5) is 12.8. The lowest BCUT2D eigenvalue weighted by Crippen LogP contribution is -2.09. The Morgan fingerprint density at radius 2 is 1.94 bits per heavy atom. The van der Waals surface area contributed by atoms with Gasteiger partial charge in [-0.25, -0.2) is 0 Å². The van der Waals surface area contributed by atoms with Crippen LogP contribution < -0.4 is 5.32 Å². The summed E-state index contributed by atoms with van der Waals surface area (Å²) < 4.78 is 1.12. The van der Waals surface area contributed by atoms with E-state index in [0.29, 0.717) is 10.6 Å². The molecule has 1 amide bonds. The molecule has 1 heterocycles. The number of hydrogen-bond donors (Lipinski definition) is 1. The first kappa shape index (κ1) is 11.0. The van der Waals surface area contributed by atoms with Crippen molar-refractivity contribution < 1.29 is 4.79 Å². The average Bonchev–Trinajstić information content (AvgIpc) is 2.84. The molecule has 0 spiro atoms. The third-order valence-electron chi connectivity index (χ3n) is 2.61. The van der Waals surface area contributed by atoms with Gasteiger partial charge in [-0.3, -0.25) is 4.79 Å². The summed E-state index contributed by atoms with van der Waals surface area (Å²) in [7, 11) is 0. The molecule has 1 radical (unpaired) electrons. The number of carbonyl (C=O) groups excluding carboxylic acids is 1. The predicted octanol–water partition coefficient (Wildman–Crippen LogP) is 3.95. The second kappa shape index (κ2) is 4.63. The van der Waals surface area contributed by atoms with E-state index < -0.39 is 0 Å². The molecule has 0 aliphatic heterocycles. The summed E-state index contributed by atoms with van der Waals surface area (Å²) in [5.74, 6) is -0.0846. The molecule has 0 aliphatic carbocycles. The predicted molar refractivity (Wildman–Crippen MR) is 75.1 cm³/mol. The van der Waals surface area contributed by atoms with Crippen LogP contribution in [0.4, 0.5) is 5.69 Å². The number of carbonyl (C=O) groups is 1. The molecule has 2 aromatic carbocycles. The largest absolute Gasteiger partial charge is 0.321 e. The molecule has 3 aromatic rings. The van der Waals surface area contributed by atoms with Gasteiger partial charge < -0.3 is 5.32 Å². The Morgan fingerprint density at radius 3 is 2.72 bits per heavy atom. The molecule has 0 atom stereocenters. The molecule has 87 valence electrons. The second-order valence-corrected chi connectivity index (χ2v) is 4.96. The van der Waals surface area contributed by atoms with E-state index in [9.17, 15) is 4.79 Å². The van der Waals surface area contributed by atoms with Crippen LogP contribution in [0.2, 0.25) is 0 Å². The van der Waals surface area contributed by atoms with E-state index in [1.807, 2.05) is 48.5 Å². The third-order valence-corrected chi connectivity index (χ3v) is 3.72. The van der Waals surface area contributed by atoms with Crippen molar-refractivity contribution in [2.24, 2.45) is 0 Å². The molecule has 3 heteroatoms. The van der Waals surface area contributed by atoms with E-state index >= 15 is 0 Å². The highest BCUT2D eigenvalue weighted by Crippen LogP contribution is 2.25. The summed E-state index contributed by atoms with van der Waals surface area (Å²) >= 11 is 1.50. The maximum Gasteiger partial charge on any atom is 0.265 e. The topological polar surface area (TPSA) is 29.1 Å². The summed E-state index contributed by atoms with van der Waals surface area (Å²) in [6.07, 6.45) is 0. The van der Waals surface area contributed by atoms with Gasteiger partial charge in [0.25, 0.3) is 5.91 Å². The van der Waals surface area contributed by atoms with Crippen LogP contribution in [0.1, 0.15) is 9.67 Å². The number of nitrogens with one attached hydrogen (secondary N) is 1. The minimum absolute atomic E-state index is 0.0846. The Hall–Kier alpha value is -2.13. The number of thiophene rings is 1. The number of para-hydroxylation sites is 1. The van der Waals surface area contributed by atoms with Crippen LogP contribution in [0, 0.1) is 6.07 Å². The van der Waals surface area contributed by atoms with Crippen LogP contribution in [-0.2, 0) is 0 Å². The molecular formula is C15H10NOS. The van der Waals surface area contributed by atoms with Crippen LogP contribution in [0.15, 0.2) is 54.6 Å². The highest BCUT2D eigenvalue weighted by molar-refractivity contribution is 7.20. The molecule has 18 heavy (non-hydrogen) atoms. The van der Waals surface area contributed by atoms with Gasteiger partial charge in [0.15, 0.2) is 0 Å². The second-order valence-electron chi connectivity index (χ2n) is 3.88. The first-order chi connectivity index (χ1) is 8.83. The molecule has 0 fully saturated rings. The van der Waals surface area contributed by atoms with E-state index in [-0.39, 0.29) is 5.91 Å². The molecular weight excluding hydrogens is 242 g/mol. The van der Waals surface area contributed by atoms with Gasteiger partial charge >= 0.3 is 0 Å². The van der Waals surface area contributed by atoms with Gasteiger partial charge in [0, 0.05) is 16.5 Å². The molecule has 0 unspecified atom stereocenters. The SMILES string of the molecule is O=C(Nc1[c]cccc1)c1cc2ccccc2s1. The number of rotatable bonds is 2. The van der Waals surface area contributed by atoms with Crippen molar-refractivity contribution in [2.75, 3.05) is 5.32 Å².